The first-order valence-electron chi connectivity index (χ1n) is 7.79. The second-order valence-electron chi connectivity index (χ2n) is 4.82. The Bertz CT molecular complexity index is 422. The molecule has 136 valence electrons. The van der Waals surface area contributed by atoms with E-state index in [-0.39, 0.29) is 25.5 Å². The van der Waals surface area contributed by atoms with Gasteiger partial charge in [-0.15, -0.1) is 0 Å². The molecule has 0 atom stereocenters. The van der Waals surface area contributed by atoms with Gasteiger partial charge in [0.05, 0.1) is 46.2 Å². The number of nitrogens with one attached hydrogen (secondary N) is 1. The van der Waals surface area contributed by atoms with Crippen molar-refractivity contribution in [1.82, 2.24) is 10.2 Å². The van der Waals surface area contributed by atoms with Gasteiger partial charge >= 0.3 is 0 Å². The van der Waals surface area contributed by atoms with Crippen molar-refractivity contribution in [2.75, 3.05) is 59.3 Å². The summed E-state index contributed by atoms with van der Waals surface area (Å²) in [6.07, 6.45) is 2.44. The fraction of sp³-hybridized carbons (Fsp3) is 0.667. The van der Waals surface area contributed by atoms with Crippen LogP contribution in [0.1, 0.15) is 6.42 Å². The molecule has 9 nitrogen and oxygen atoms in total. The predicted octanol–water partition coefficient (Wildman–Crippen LogP) is -1.54. The fourth-order valence-electron chi connectivity index (χ4n) is 1.82. The zero-order valence-electron chi connectivity index (χ0n) is 13.6. The van der Waals surface area contributed by atoms with Gasteiger partial charge in [0.15, 0.2) is 0 Å². The minimum Gasteiger partial charge on any atom is -0.394 e. The molecular weight excluding hydrogens is 320 g/mol. The van der Waals surface area contributed by atoms with E-state index in [2.05, 4.69) is 5.32 Å². The second-order valence-corrected chi connectivity index (χ2v) is 4.82. The molecule has 0 aromatic rings. The molecule has 1 aliphatic heterocycles. The Morgan fingerprint density at radius 1 is 0.958 bits per heavy atom. The van der Waals surface area contributed by atoms with Gasteiger partial charge in [0.25, 0.3) is 11.8 Å². The molecule has 0 bridgehead atoms. The summed E-state index contributed by atoms with van der Waals surface area (Å²) < 4.78 is 15.5. The molecule has 3 amide bonds. The summed E-state index contributed by atoms with van der Waals surface area (Å²) in [5.41, 5.74) is 0. The SMILES string of the molecule is O=C(CCN1C(=O)C=CC1=O)NCCOCCOCCOCCO. The van der Waals surface area contributed by atoms with Crippen molar-refractivity contribution in [3.8, 4) is 0 Å². The monoisotopic (exact) mass is 344 g/mol. The van der Waals surface area contributed by atoms with Crippen LogP contribution < -0.4 is 5.32 Å². The van der Waals surface area contributed by atoms with Gasteiger partial charge in [0.2, 0.25) is 5.91 Å². The maximum Gasteiger partial charge on any atom is 0.253 e. The van der Waals surface area contributed by atoms with Crippen LogP contribution >= 0.6 is 0 Å². The summed E-state index contributed by atoms with van der Waals surface area (Å²) in [6.45, 7) is 2.74. The van der Waals surface area contributed by atoms with Crippen molar-refractivity contribution in [3.05, 3.63) is 12.2 Å². The molecule has 0 spiro atoms. The fourth-order valence-corrected chi connectivity index (χ4v) is 1.82. The van der Waals surface area contributed by atoms with Gasteiger partial charge in [0.1, 0.15) is 0 Å². The maximum atomic E-state index is 11.6. The number of nitrogens with zero attached hydrogens (tertiary/aromatic N) is 1. The lowest BCUT2D eigenvalue weighted by molar-refractivity contribution is -0.137. The van der Waals surface area contributed by atoms with E-state index in [1.165, 1.54) is 12.2 Å². The van der Waals surface area contributed by atoms with Crippen molar-refractivity contribution in [1.29, 1.82) is 0 Å². The number of hydrogen-bond donors (Lipinski definition) is 2. The van der Waals surface area contributed by atoms with Crippen LogP contribution in [0.4, 0.5) is 0 Å². The summed E-state index contributed by atoms with van der Waals surface area (Å²) >= 11 is 0. The van der Waals surface area contributed by atoms with Crippen molar-refractivity contribution in [2.24, 2.45) is 0 Å². The van der Waals surface area contributed by atoms with Crippen LogP contribution in [0.5, 0.6) is 0 Å². The van der Waals surface area contributed by atoms with Gasteiger partial charge in [0, 0.05) is 31.7 Å². The average molecular weight is 344 g/mol. The van der Waals surface area contributed by atoms with Gasteiger partial charge in [-0.2, -0.15) is 0 Å². The van der Waals surface area contributed by atoms with Crippen LogP contribution in [0.3, 0.4) is 0 Å². The van der Waals surface area contributed by atoms with E-state index in [4.69, 9.17) is 19.3 Å². The number of carbonyl (C=O) groups excluding carboxylic acids is 3. The van der Waals surface area contributed by atoms with Crippen LogP contribution in [0.2, 0.25) is 0 Å². The molecule has 0 aromatic heterocycles. The molecule has 1 aliphatic rings. The first-order valence-corrected chi connectivity index (χ1v) is 7.79. The maximum absolute atomic E-state index is 11.6. The van der Waals surface area contributed by atoms with Gasteiger partial charge in [-0.3, -0.25) is 19.3 Å². The Kier molecular flexibility index (Phi) is 10.6. The Morgan fingerprint density at radius 3 is 2.08 bits per heavy atom. The lowest BCUT2D eigenvalue weighted by Gasteiger charge is -2.13. The van der Waals surface area contributed by atoms with Gasteiger partial charge in [-0.1, -0.05) is 0 Å². The summed E-state index contributed by atoms with van der Waals surface area (Å²) in [7, 11) is 0. The molecule has 0 saturated heterocycles. The van der Waals surface area contributed by atoms with Crippen LogP contribution in [0.15, 0.2) is 12.2 Å². The number of carbonyl (C=O) groups is 3. The zero-order chi connectivity index (χ0) is 17.6. The van der Waals surface area contributed by atoms with E-state index >= 15 is 0 Å². The lowest BCUT2D eigenvalue weighted by Crippen LogP contribution is -2.35. The van der Waals surface area contributed by atoms with E-state index in [9.17, 15) is 14.4 Å². The zero-order valence-corrected chi connectivity index (χ0v) is 13.6. The molecule has 24 heavy (non-hydrogen) atoms. The molecule has 1 heterocycles. The first kappa shape index (κ1) is 20.2. The van der Waals surface area contributed by atoms with E-state index in [0.29, 0.717) is 46.2 Å². The third kappa shape index (κ3) is 8.73. The average Bonchev–Trinajstić information content (AvgIpc) is 2.89. The van der Waals surface area contributed by atoms with Gasteiger partial charge < -0.3 is 24.6 Å². The van der Waals surface area contributed by atoms with Crippen LogP contribution in [0.25, 0.3) is 0 Å². The molecule has 0 saturated carbocycles. The minimum absolute atomic E-state index is 0.00360. The largest absolute Gasteiger partial charge is 0.394 e. The molecule has 0 radical (unpaired) electrons. The Morgan fingerprint density at radius 2 is 1.50 bits per heavy atom. The Labute approximate surface area is 140 Å². The quantitative estimate of drug-likeness (QED) is 0.290. The molecule has 9 heteroatoms. The number of rotatable bonds is 14. The topological polar surface area (TPSA) is 114 Å². The Hall–Kier alpha value is -1.81. The molecule has 2 N–H and O–H groups in total. The highest BCUT2D eigenvalue weighted by Crippen LogP contribution is 2.03. The highest BCUT2D eigenvalue weighted by molar-refractivity contribution is 6.13. The normalized spacial score (nSPS) is 13.8. The van der Waals surface area contributed by atoms with Crippen LogP contribution in [0, 0.1) is 0 Å². The minimum atomic E-state index is -0.391. The van der Waals surface area contributed by atoms with Crippen molar-refractivity contribution >= 4 is 17.7 Å². The van der Waals surface area contributed by atoms with E-state index in [1.807, 2.05) is 0 Å². The van der Waals surface area contributed by atoms with Crippen LogP contribution in [-0.2, 0) is 28.6 Å². The van der Waals surface area contributed by atoms with E-state index in [1.54, 1.807) is 0 Å². The van der Waals surface area contributed by atoms with E-state index < -0.39 is 11.8 Å². The van der Waals surface area contributed by atoms with Gasteiger partial charge in [-0.25, -0.2) is 0 Å². The van der Waals surface area contributed by atoms with Gasteiger partial charge in [-0.05, 0) is 0 Å². The van der Waals surface area contributed by atoms with E-state index in [0.717, 1.165) is 4.90 Å². The Balaban J connectivity index is 1.88. The van der Waals surface area contributed by atoms with Crippen molar-refractivity contribution in [3.63, 3.8) is 0 Å². The smallest absolute Gasteiger partial charge is 0.253 e. The summed E-state index contributed by atoms with van der Waals surface area (Å²) in [4.78, 5) is 35.2. The number of hydrogen-bond acceptors (Lipinski definition) is 7. The number of imide groups is 1. The number of aliphatic hydroxyl groups is 1. The highest BCUT2D eigenvalue weighted by Gasteiger charge is 2.23. The number of aliphatic hydroxyl groups excluding tert-OH is 1. The third-order valence-corrected chi connectivity index (χ3v) is 3.01. The molecule has 0 aromatic carbocycles. The standard InChI is InChI=1S/C15H24N2O7/c18-6-8-23-10-12-24-11-9-22-7-4-16-13(19)3-5-17-14(20)1-2-15(17)21/h1-2,18H,3-12H2,(H,16,19). The highest BCUT2D eigenvalue weighted by atomic mass is 16.5. The molecule has 0 aliphatic carbocycles. The van der Waals surface area contributed by atoms with Crippen molar-refractivity contribution < 1.29 is 33.7 Å². The molecular formula is C15H24N2O7. The number of amides is 3. The third-order valence-electron chi connectivity index (χ3n) is 3.01. The molecule has 0 unspecified atom stereocenters. The second kappa shape index (κ2) is 12.6. The van der Waals surface area contributed by atoms with Crippen molar-refractivity contribution in [2.45, 2.75) is 6.42 Å². The van der Waals surface area contributed by atoms with Crippen LogP contribution in [-0.4, -0.2) is 87.1 Å². The number of ether oxygens (including phenoxy) is 3. The predicted molar refractivity (Wildman–Crippen MR) is 83.0 cm³/mol. The summed E-state index contributed by atoms with van der Waals surface area (Å²) in [5.74, 6) is -1.03. The first-order chi connectivity index (χ1) is 11.6. The molecule has 1 rings (SSSR count). The lowest BCUT2D eigenvalue weighted by atomic mass is 10.3. The summed E-state index contributed by atoms with van der Waals surface area (Å²) in [5, 5.41) is 11.1. The summed E-state index contributed by atoms with van der Waals surface area (Å²) in [6, 6.07) is 0. The molecule has 0 fully saturated rings.